The van der Waals surface area contributed by atoms with Crippen molar-refractivity contribution in [1.82, 2.24) is 9.97 Å². The summed E-state index contributed by atoms with van der Waals surface area (Å²) >= 11 is 0. The Hall–Kier alpha value is -3.28. The number of carbonyl (C=O) groups is 2. The van der Waals surface area contributed by atoms with Crippen molar-refractivity contribution in [2.75, 3.05) is 42.6 Å². The second-order valence-electron chi connectivity index (χ2n) is 8.36. The number of nitrogens with zero attached hydrogens (tertiary/aromatic N) is 4. The van der Waals surface area contributed by atoms with Crippen molar-refractivity contribution in [3.63, 3.8) is 0 Å². The van der Waals surface area contributed by atoms with Crippen LogP contribution in [0, 0.1) is 25.1 Å². The lowest BCUT2D eigenvalue weighted by Crippen LogP contribution is -2.41. The van der Waals surface area contributed by atoms with E-state index >= 15 is 0 Å². The van der Waals surface area contributed by atoms with Crippen LogP contribution in [-0.2, 0) is 14.3 Å². The average Bonchev–Trinajstić information content (AvgIpc) is 2.91. The molecule has 1 aromatic carbocycles. The van der Waals surface area contributed by atoms with Gasteiger partial charge in [0, 0.05) is 48.5 Å². The summed E-state index contributed by atoms with van der Waals surface area (Å²) in [6.07, 6.45) is -4.69. The van der Waals surface area contributed by atoms with Gasteiger partial charge in [-0.15, -0.1) is 0 Å². The number of carboxylic acid groups (broad SMARTS) is 1. The molecule has 2 saturated heterocycles. The van der Waals surface area contributed by atoms with Gasteiger partial charge in [0.1, 0.15) is 5.82 Å². The highest BCUT2D eigenvalue weighted by Crippen LogP contribution is 2.37. The van der Waals surface area contributed by atoms with Crippen molar-refractivity contribution in [3.8, 4) is 0 Å². The number of aryl methyl sites for hydroxylation is 2. The molecule has 1 spiro atoms. The van der Waals surface area contributed by atoms with Crippen LogP contribution < -0.4 is 9.80 Å². The largest absolute Gasteiger partial charge is 0.490 e. The Morgan fingerprint density at radius 2 is 1.71 bits per heavy atom. The van der Waals surface area contributed by atoms with Crippen molar-refractivity contribution < 1.29 is 37.0 Å². The van der Waals surface area contributed by atoms with Gasteiger partial charge in [-0.3, -0.25) is 4.79 Å². The molecule has 1 atom stereocenters. The normalized spacial score (nSPS) is 20.7. The Labute approximate surface area is 193 Å². The smallest absolute Gasteiger partial charge is 0.475 e. The minimum atomic E-state index is -5.08. The number of carbonyl (C=O) groups excluding carboxylic acids is 1. The van der Waals surface area contributed by atoms with Crippen molar-refractivity contribution >= 4 is 23.5 Å². The van der Waals surface area contributed by atoms with E-state index < -0.39 is 12.1 Å². The molecule has 2 fully saturated rings. The first kappa shape index (κ1) is 25.3. The lowest BCUT2D eigenvalue weighted by molar-refractivity contribution is -0.192. The summed E-state index contributed by atoms with van der Waals surface area (Å²) in [7, 11) is 0. The zero-order valence-electron chi connectivity index (χ0n) is 18.6. The van der Waals surface area contributed by atoms with Crippen LogP contribution in [0.1, 0.15) is 17.8 Å². The van der Waals surface area contributed by atoms with Crippen LogP contribution in [0.2, 0.25) is 0 Å². The molecule has 0 radical (unpaired) electrons. The molecule has 2 aliphatic heterocycles. The molecule has 1 N–H and O–H groups in total. The van der Waals surface area contributed by atoms with Crippen molar-refractivity contribution in [1.29, 1.82) is 0 Å². The van der Waals surface area contributed by atoms with Crippen LogP contribution in [0.5, 0.6) is 0 Å². The molecule has 1 amide bonds. The molecule has 3 heterocycles. The fourth-order valence-corrected chi connectivity index (χ4v) is 3.97. The number of hydrogen-bond donors (Lipinski definition) is 1. The Morgan fingerprint density at radius 1 is 1.12 bits per heavy atom. The van der Waals surface area contributed by atoms with Crippen LogP contribution >= 0.6 is 0 Å². The summed E-state index contributed by atoms with van der Waals surface area (Å²) in [5.41, 5.74) is 2.24. The van der Waals surface area contributed by atoms with E-state index in [0.29, 0.717) is 45.2 Å². The molecule has 4 rings (SSSR count). The summed E-state index contributed by atoms with van der Waals surface area (Å²) in [5.74, 6) is -2.35. The van der Waals surface area contributed by atoms with Crippen molar-refractivity contribution in [2.24, 2.45) is 5.41 Å². The second kappa shape index (κ2) is 9.92. The van der Waals surface area contributed by atoms with E-state index in [1.54, 1.807) is 17.0 Å². The molecule has 184 valence electrons. The maximum Gasteiger partial charge on any atom is 0.490 e. The quantitative estimate of drug-likeness (QED) is 0.655. The van der Waals surface area contributed by atoms with Gasteiger partial charge >= 0.3 is 12.1 Å². The maximum absolute atomic E-state index is 13.2. The molecule has 0 saturated carbocycles. The molecule has 2 aliphatic rings. The van der Waals surface area contributed by atoms with E-state index in [1.807, 2.05) is 19.9 Å². The molecule has 1 aromatic heterocycles. The molecule has 12 heteroatoms. The first-order chi connectivity index (χ1) is 15.9. The van der Waals surface area contributed by atoms with Crippen LogP contribution in [-0.4, -0.2) is 66.0 Å². The van der Waals surface area contributed by atoms with Gasteiger partial charge in [-0.25, -0.2) is 19.2 Å². The average molecular weight is 484 g/mol. The Morgan fingerprint density at radius 3 is 2.26 bits per heavy atom. The first-order valence-electron chi connectivity index (χ1n) is 10.4. The Bertz CT molecular complexity index is 1030. The van der Waals surface area contributed by atoms with Crippen molar-refractivity contribution in [3.05, 3.63) is 47.5 Å². The maximum atomic E-state index is 13.2. The topological polar surface area (TPSA) is 95.9 Å². The molecule has 0 aliphatic carbocycles. The number of halogens is 4. The standard InChI is InChI=1S/C20H23FN4O2.C2HF3O2/c1-14-9-15(2)23-19(22-14)24-7-8-27-13-20(11-24)10-18(26)25(12-20)17-5-3-16(21)4-6-17;3-2(4,5)1(6)7/h3-6,9H,7-8,10-13H2,1-2H3;(H,6,7). The number of benzene rings is 1. The summed E-state index contributed by atoms with van der Waals surface area (Å²) in [6, 6.07) is 8.01. The third-order valence-corrected chi connectivity index (χ3v) is 5.39. The summed E-state index contributed by atoms with van der Waals surface area (Å²) in [5, 5.41) is 7.12. The number of hydrogen-bond acceptors (Lipinski definition) is 6. The molecular weight excluding hydrogens is 460 g/mol. The predicted molar refractivity (Wildman–Crippen MR) is 114 cm³/mol. The fraction of sp³-hybridized carbons (Fsp3) is 0.455. The van der Waals surface area contributed by atoms with Gasteiger partial charge in [-0.1, -0.05) is 0 Å². The van der Waals surface area contributed by atoms with Gasteiger partial charge in [0.15, 0.2) is 0 Å². The summed E-state index contributed by atoms with van der Waals surface area (Å²) in [4.78, 5) is 34.6. The molecule has 1 unspecified atom stereocenters. The van der Waals surface area contributed by atoms with E-state index in [-0.39, 0.29) is 17.1 Å². The number of rotatable bonds is 2. The first-order valence-corrected chi connectivity index (χ1v) is 10.4. The van der Waals surface area contributed by atoms with E-state index in [1.165, 1.54) is 12.1 Å². The number of amides is 1. The van der Waals surface area contributed by atoms with Gasteiger partial charge in [-0.2, -0.15) is 13.2 Å². The number of carboxylic acids is 1. The molecule has 34 heavy (non-hydrogen) atoms. The Kier molecular flexibility index (Phi) is 7.39. The molecule has 2 aromatic rings. The number of aliphatic carboxylic acids is 1. The number of aromatic nitrogens is 2. The lowest BCUT2D eigenvalue weighted by atomic mass is 9.87. The third kappa shape index (κ3) is 6.19. The van der Waals surface area contributed by atoms with Crippen molar-refractivity contribution in [2.45, 2.75) is 26.4 Å². The lowest BCUT2D eigenvalue weighted by Gasteiger charge is -2.31. The monoisotopic (exact) mass is 484 g/mol. The van der Waals surface area contributed by atoms with E-state index in [2.05, 4.69) is 14.9 Å². The van der Waals surface area contributed by atoms with E-state index in [0.717, 1.165) is 17.1 Å². The van der Waals surface area contributed by atoms with Crippen LogP contribution in [0.25, 0.3) is 0 Å². The fourth-order valence-electron chi connectivity index (χ4n) is 3.97. The number of ether oxygens (including phenoxy) is 1. The van der Waals surface area contributed by atoms with Crippen LogP contribution in [0.4, 0.5) is 29.2 Å². The van der Waals surface area contributed by atoms with Gasteiger partial charge in [0.2, 0.25) is 11.9 Å². The van der Waals surface area contributed by atoms with Gasteiger partial charge in [0.05, 0.1) is 13.2 Å². The SMILES string of the molecule is Cc1cc(C)nc(N2CCOCC3(CC(=O)N(c4ccc(F)cc4)C3)C2)n1.O=C(O)C(F)(F)F. The van der Waals surface area contributed by atoms with Gasteiger partial charge in [0.25, 0.3) is 0 Å². The number of alkyl halides is 3. The van der Waals surface area contributed by atoms with E-state index in [9.17, 15) is 22.4 Å². The molecule has 0 bridgehead atoms. The highest BCUT2D eigenvalue weighted by atomic mass is 19.4. The van der Waals surface area contributed by atoms with Crippen LogP contribution in [0.3, 0.4) is 0 Å². The zero-order valence-corrected chi connectivity index (χ0v) is 18.6. The number of anilines is 2. The highest BCUT2D eigenvalue weighted by molar-refractivity contribution is 5.96. The summed E-state index contributed by atoms with van der Waals surface area (Å²) in [6.45, 7) is 6.88. The van der Waals surface area contributed by atoms with Crippen LogP contribution in [0.15, 0.2) is 30.3 Å². The minimum absolute atomic E-state index is 0.0356. The zero-order chi connectivity index (χ0) is 25.1. The van der Waals surface area contributed by atoms with Gasteiger partial charge in [-0.05, 0) is 44.2 Å². The Balaban J connectivity index is 0.000000406. The predicted octanol–water partition coefficient (Wildman–Crippen LogP) is 3.13. The van der Waals surface area contributed by atoms with Gasteiger partial charge < -0.3 is 19.6 Å². The highest BCUT2D eigenvalue weighted by Gasteiger charge is 2.46. The molecule has 8 nitrogen and oxygen atoms in total. The third-order valence-electron chi connectivity index (χ3n) is 5.39. The minimum Gasteiger partial charge on any atom is -0.475 e. The summed E-state index contributed by atoms with van der Waals surface area (Å²) < 4.78 is 50.8. The molecular formula is C22H24F4N4O4. The van der Waals surface area contributed by atoms with E-state index in [4.69, 9.17) is 14.6 Å². The second-order valence-corrected chi connectivity index (χ2v) is 8.36.